The normalized spacial score (nSPS) is 18.1. The van der Waals surface area contributed by atoms with Crippen LogP contribution in [0.1, 0.15) is 19.3 Å². The zero-order valence-corrected chi connectivity index (χ0v) is 11.1. The van der Waals surface area contributed by atoms with Gasteiger partial charge >= 0.3 is 12.1 Å². The predicted octanol–water partition coefficient (Wildman–Crippen LogP) is 1.28. The lowest BCUT2D eigenvalue weighted by atomic mass is 10.1. The third-order valence-corrected chi connectivity index (χ3v) is 4.34. The van der Waals surface area contributed by atoms with E-state index in [9.17, 15) is 26.4 Å². The van der Waals surface area contributed by atoms with Crippen LogP contribution in [0.25, 0.3) is 0 Å². The number of sulfone groups is 1. The van der Waals surface area contributed by atoms with Crippen molar-refractivity contribution < 1.29 is 35.9 Å². The van der Waals surface area contributed by atoms with E-state index in [0.29, 0.717) is 12.8 Å². The number of carbonyl (C=O) groups is 1. The van der Waals surface area contributed by atoms with Crippen molar-refractivity contribution in [2.24, 2.45) is 5.41 Å². The average molecular weight is 304 g/mol. The summed E-state index contributed by atoms with van der Waals surface area (Å²) in [5.41, 5.74) is -0.687. The topological polar surface area (TPSA) is 69.7 Å². The second kappa shape index (κ2) is 5.66. The lowest BCUT2D eigenvalue weighted by molar-refractivity contribution is -0.169. The summed E-state index contributed by atoms with van der Waals surface area (Å²) >= 11 is 0. The number of ether oxygens (including phenoxy) is 2. The number of esters is 1. The van der Waals surface area contributed by atoms with Crippen molar-refractivity contribution in [3.63, 3.8) is 0 Å². The highest BCUT2D eigenvalue weighted by Crippen LogP contribution is 2.50. The number of hydrogen-bond acceptors (Lipinski definition) is 5. The van der Waals surface area contributed by atoms with Crippen molar-refractivity contribution in [2.45, 2.75) is 25.4 Å². The second-order valence-electron chi connectivity index (χ2n) is 4.72. The summed E-state index contributed by atoms with van der Waals surface area (Å²) in [5.74, 6) is -1.87. The van der Waals surface area contributed by atoms with Gasteiger partial charge in [-0.3, -0.25) is 4.79 Å². The molecule has 0 spiro atoms. The lowest BCUT2D eigenvalue weighted by Crippen LogP contribution is -2.26. The Kier molecular flexibility index (Phi) is 4.83. The Hall–Kier alpha value is -0.830. The summed E-state index contributed by atoms with van der Waals surface area (Å²) in [7, 11) is -2.59. The third kappa shape index (κ3) is 6.24. The molecule has 0 atom stereocenters. The molecule has 1 fully saturated rings. The Labute approximate surface area is 109 Å². The fourth-order valence-corrected chi connectivity index (χ4v) is 3.46. The Morgan fingerprint density at radius 3 is 2.32 bits per heavy atom. The fraction of sp³-hybridized carbons (Fsp3) is 0.900. The number of hydrogen-bond donors (Lipinski definition) is 0. The molecule has 0 heterocycles. The van der Waals surface area contributed by atoms with E-state index >= 15 is 0 Å². The molecule has 0 N–H and O–H groups in total. The molecule has 0 aromatic carbocycles. The van der Waals surface area contributed by atoms with Crippen LogP contribution in [0.3, 0.4) is 0 Å². The average Bonchev–Trinajstić information content (AvgIpc) is 2.93. The van der Waals surface area contributed by atoms with Gasteiger partial charge in [0.1, 0.15) is 12.5 Å². The van der Waals surface area contributed by atoms with Crippen molar-refractivity contribution in [2.75, 3.05) is 25.4 Å². The van der Waals surface area contributed by atoms with Crippen LogP contribution in [0, 0.1) is 5.41 Å². The molecule has 0 aromatic rings. The Balaban J connectivity index is 2.44. The van der Waals surface area contributed by atoms with E-state index < -0.39 is 39.9 Å². The smallest absolute Gasteiger partial charge is 0.411 e. The molecule has 1 saturated carbocycles. The van der Waals surface area contributed by atoms with Gasteiger partial charge in [-0.1, -0.05) is 0 Å². The van der Waals surface area contributed by atoms with Crippen LogP contribution in [-0.4, -0.2) is 46.0 Å². The molecule has 0 unspecified atom stereocenters. The zero-order valence-electron chi connectivity index (χ0n) is 10.3. The molecule has 1 aliphatic rings. The van der Waals surface area contributed by atoms with Crippen molar-refractivity contribution in [3.8, 4) is 0 Å². The molecule has 19 heavy (non-hydrogen) atoms. The molecule has 0 aromatic heterocycles. The van der Waals surface area contributed by atoms with Crippen molar-refractivity contribution in [1.29, 1.82) is 0 Å². The van der Waals surface area contributed by atoms with Gasteiger partial charge in [0, 0.05) is 0 Å². The summed E-state index contributed by atoms with van der Waals surface area (Å²) in [5, 5.41) is 0. The molecular weight excluding hydrogens is 289 g/mol. The summed E-state index contributed by atoms with van der Waals surface area (Å²) < 4.78 is 67.2. The monoisotopic (exact) mass is 304 g/mol. The van der Waals surface area contributed by atoms with E-state index in [1.165, 1.54) is 7.11 Å². The van der Waals surface area contributed by atoms with E-state index in [2.05, 4.69) is 9.47 Å². The van der Waals surface area contributed by atoms with Crippen molar-refractivity contribution in [3.05, 3.63) is 0 Å². The molecule has 0 saturated heterocycles. The molecule has 0 bridgehead atoms. The molecule has 0 radical (unpaired) electrons. The third-order valence-electron chi connectivity index (χ3n) is 2.76. The molecule has 1 rings (SSSR count). The first-order chi connectivity index (χ1) is 8.58. The number of halogens is 3. The first-order valence-corrected chi connectivity index (χ1v) is 7.31. The van der Waals surface area contributed by atoms with Gasteiger partial charge in [-0.15, -0.1) is 0 Å². The minimum atomic E-state index is -4.56. The second-order valence-corrected chi connectivity index (χ2v) is 6.73. The Bertz CT molecular complexity index is 425. The maximum atomic E-state index is 11.8. The first kappa shape index (κ1) is 16.2. The summed E-state index contributed by atoms with van der Waals surface area (Å²) in [6, 6.07) is 0. The molecule has 0 aliphatic heterocycles. The minimum absolute atomic E-state index is 0.0397. The summed E-state index contributed by atoms with van der Waals surface area (Å²) in [6.07, 6.45) is -3.51. The number of rotatable bonds is 7. The van der Waals surface area contributed by atoms with Gasteiger partial charge in [0.25, 0.3) is 0 Å². The van der Waals surface area contributed by atoms with Crippen LogP contribution in [0.4, 0.5) is 13.2 Å². The highest BCUT2D eigenvalue weighted by atomic mass is 32.2. The fourth-order valence-electron chi connectivity index (χ4n) is 1.72. The molecule has 5 nitrogen and oxygen atoms in total. The van der Waals surface area contributed by atoms with Gasteiger partial charge in [-0.25, -0.2) is 8.42 Å². The Morgan fingerprint density at radius 1 is 1.32 bits per heavy atom. The van der Waals surface area contributed by atoms with Crippen LogP contribution in [0.15, 0.2) is 0 Å². The predicted molar refractivity (Wildman–Crippen MR) is 59.0 cm³/mol. The number of carbonyl (C=O) groups excluding carboxylic acids is 1. The highest BCUT2D eigenvalue weighted by Gasteiger charge is 2.48. The van der Waals surface area contributed by atoms with E-state index in [0.717, 1.165) is 0 Å². The zero-order chi connectivity index (χ0) is 14.7. The molecule has 112 valence electrons. The van der Waals surface area contributed by atoms with Gasteiger partial charge in [0.2, 0.25) is 0 Å². The van der Waals surface area contributed by atoms with Gasteiger partial charge in [-0.05, 0) is 18.3 Å². The minimum Gasteiger partial charge on any atom is -0.469 e. The summed E-state index contributed by atoms with van der Waals surface area (Å²) in [4.78, 5) is 11.1. The van der Waals surface area contributed by atoms with Crippen molar-refractivity contribution in [1.82, 2.24) is 0 Å². The first-order valence-electron chi connectivity index (χ1n) is 5.49. The van der Waals surface area contributed by atoms with Gasteiger partial charge in [-0.2, -0.15) is 13.2 Å². The van der Waals surface area contributed by atoms with E-state index in [-0.39, 0.29) is 12.2 Å². The van der Waals surface area contributed by atoms with E-state index in [4.69, 9.17) is 0 Å². The Morgan fingerprint density at radius 2 is 1.89 bits per heavy atom. The molecular formula is C10H15F3O5S. The molecule has 0 amide bonds. The highest BCUT2D eigenvalue weighted by molar-refractivity contribution is 7.91. The standard InChI is InChI=1S/C10H15F3O5S/c1-17-8(14)4-9(2-3-9)6-19(15,16)7-18-5-10(11,12)13/h2-7H2,1H3. The lowest BCUT2D eigenvalue weighted by Gasteiger charge is -2.14. The molecule has 1 aliphatic carbocycles. The van der Waals surface area contributed by atoms with Gasteiger partial charge in [0.05, 0.1) is 19.3 Å². The van der Waals surface area contributed by atoms with E-state index in [1.54, 1.807) is 0 Å². The van der Waals surface area contributed by atoms with Crippen LogP contribution < -0.4 is 0 Å². The van der Waals surface area contributed by atoms with Crippen LogP contribution in [0.2, 0.25) is 0 Å². The SMILES string of the molecule is COC(=O)CC1(CS(=O)(=O)COCC(F)(F)F)CC1. The van der Waals surface area contributed by atoms with Crippen LogP contribution in [0.5, 0.6) is 0 Å². The van der Waals surface area contributed by atoms with Gasteiger partial charge in [0.15, 0.2) is 9.84 Å². The maximum Gasteiger partial charge on any atom is 0.411 e. The van der Waals surface area contributed by atoms with Crippen LogP contribution in [-0.2, 0) is 24.1 Å². The van der Waals surface area contributed by atoms with Gasteiger partial charge < -0.3 is 9.47 Å². The summed E-state index contributed by atoms with van der Waals surface area (Å²) in [6.45, 7) is -1.60. The van der Waals surface area contributed by atoms with E-state index in [1.807, 2.05) is 0 Å². The number of alkyl halides is 3. The molecule has 9 heteroatoms. The van der Waals surface area contributed by atoms with Crippen LogP contribution >= 0.6 is 0 Å². The van der Waals surface area contributed by atoms with Crippen molar-refractivity contribution >= 4 is 15.8 Å². The largest absolute Gasteiger partial charge is 0.469 e. The quantitative estimate of drug-likeness (QED) is 0.663. The maximum absolute atomic E-state index is 11.8. The number of methoxy groups -OCH3 is 1.